The van der Waals surface area contributed by atoms with Crippen molar-refractivity contribution in [2.75, 3.05) is 19.7 Å². The summed E-state index contributed by atoms with van der Waals surface area (Å²) in [6.45, 7) is 4.32. The lowest BCUT2D eigenvalue weighted by Crippen LogP contribution is -2.38. The topological polar surface area (TPSA) is 58.2 Å². The normalized spacial score (nSPS) is 16.7. The van der Waals surface area contributed by atoms with E-state index in [1.54, 1.807) is 6.07 Å². The van der Waals surface area contributed by atoms with Crippen LogP contribution in [-0.4, -0.2) is 34.6 Å². The molecule has 0 fully saturated rings. The predicted octanol–water partition coefficient (Wildman–Crippen LogP) is 3.26. The van der Waals surface area contributed by atoms with Gasteiger partial charge in [0.25, 0.3) is 5.56 Å². The number of nitrogens with zero attached hydrogens (tertiary/aromatic N) is 2. The number of halogens is 2. The van der Waals surface area contributed by atoms with E-state index in [4.69, 9.17) is 16.3 Å². The molecule has 0 amide bonds. The average Bonchev–Trinajstić information content (AvgIpc) is 2.65. The zero-order valence-corrected chi connectivity index (χ0v) is 15.9. The van der Waals surface area contributed by atoms with Gasteiger partial charge in [0.1, 0.15) is 24.0 Å². The van der Waals surface area contributed by atoms with Crippen LogP contribution in [0.2, 0.25) is 0 Å². The van der Waals surface area contributed by atoms with Crippen molar-refractivity contribution in [2.24, 2.45) is 0 Å². The minimum atomic E-state index is -0.343. The van der Waals surface area contributed by atoms with E-state index in [0.29, 0.717) is 36.0 Å². The number of hydrogen-bond acceptors (Lipinski definition) is 4. The molecule has 0 spiro atoms. The van der Waals surface area contributed by atoms with Gasteiger partial charge >= 0.3 is 0 Å². The summed E-state index contributed by atoms with van der Waals surface area (Å²) in [6, 6.07) is 4.36. The van der Waals surface area contributed by atoms with E-state index in [9.17, 15) is 9.18 Å². The highest BCUT2D eigenvalue weighted by molar-refractivity contribution is 6.49. The van der Waals surface area contributed by atoms with Crippen LogP contribution in [-0.2, 0) is 19.4 Å². The zero-order valence-electron chi connectivity index (χ0n) is 15.1. The van der Waals surface area contributed by atoms with Crippen molar-refractivity contribution in [3.05, 3.63) is 62.6 Å². The van der Waals surface area contributed by atoms with E-state index >= 15 is 0 Å². The molecule has 0 aliphatic carbocycles. The summed E-state index contributed by atoms with van der Waals surface area (Å²) < 4.78 is 19.3. The Kier molecular flexibility index (Phi) is 5.02. The summed E-state index contributed by atoms with van der Waals surface area (Å²) in [5.41, 5.74) is 3.04. The quantitative estimate of drug-likeness (QED) is 0.872. The second-order valence-electron chi connectivity index (χ2n) is 7.00. The SMILES string of the molecule is CCCc1nc2c(c(=O)[nH]1)CN(CC1=C(Cl)c3cc(F)ccc3OC1)CC2. The lowest BCUT2D eigenvalue weighted by Gasteiger charge is -2.30. The first-order valence-electron chi connectivity index (χ1n) is 9.18. The molecule has 7 heteroatoms. The van der Waals surface area contributed by atoms with Gasteiger partial charge in [0.2, 0.25) is 0 Å². The lowest BCUT2D eigenvalue weighted by molar-refractivity contribution is 0.253. The minimum absolute atomic E-state index is 0.0551. The molecule has 27 heavy (non-hydrogen) atoms. The smallest absolute Gasteiger partial charge is 0.255 e. The fraction of sp³-hybridized carbons (Fsp3) is 0.400. The van der Waals surface area contributed by atoms with Gasteiger partial charge in [0.15, 0.2) is 0 Å². The van der Waals surface area contributed by atoms with Crippen LogP contribution in [0.3, 0.4) is 0 Å². The number of H-pyrrole nitrogens is 1. The number of rotatable bonds is 4. The fourth-order valence-corrected chi connectivity index (χ4v) is 3.89. The maximum atomic E-state index is 13.6. The van der Waals surface area contributed by atoms with E-state index < -0.39 is 0 Å². The Morgan fingerprint density at radius 2 is 2.26 bits per heavy atom. The summed E-state index contributed by atoms with van der Waals surface area (Å²) in [7, 11) is 0. The molecule has 3 heterocycles. The van der Waals surface area contributed by atoms with Gasteiger partial charge in [0.05, 0.1) is 16.3 Å². The van der Waals surface area contributed by atoms with Crippen molar-refractivity contribution in [3.8, 4) is 5.75 Å². The van der Waals surface area contributed by atoms with Crippen LogP contribution in [0.25, 0.3) is 5.03 Å². The monoisotopic (exact) mass is 389 g/mol. The van der Waals surface area contributed by atoms with Crippen molar-refractivity contribution >= 4 is 16.6 Å². The average molecular weight is 390 g/mol. The van der Waals surface area contributed by atoms with E-state index in [2.05, 4.69) is 21.8 Å². The molecular weight excluding hydrogens is 369 g/mol. The minimum Gasteiger partial charge on any atom is -0.488 e. The van der Waals surface area contributed by atoms with Gasteiger partial charge in [-0.15, -0.1) is 0 Å². The summed E-state index contributed by atoms with van der Waals surface area (Å²) in [5, 5.41) is 0.534. The number of hydrogen-bond donors (Lipinski definition) is 1. The Hall–Kier alpha value is -2.18. The fourth-order valence-electron chi connectivity index (χ4n) is 3.63. The number of aryl methyl sites for hydroxylation is 1. The van der Waals surface area contributed by atoms with Gasteiger partial charge in [0, 0.05) is 43.6 Å². The van der Waals surface area contributed by atoms with Gasteiger partial charge in [-0.05, 0) is 24.6 Å². The molecule has 1 aromatic heterocycles. The summed E-state index contributed by atoms with van der Waals surface area (Å²) >= 11 is 6.52. The molecule has 2 aliphatic rings. The maximum absolute atomic E-state index is 13.6. The molecule has 0 saturated heterocycles. The molecule has 1 N–H and O–H groups in total. The van der Waals surface area contributed by atoms with Gasteiger partial charge in [-0.25, -0.2) is 9.37 Å². The third kappa shape index (κ3) is 3.64. The van der Waals surface area contributed by atoms with Crippen molar-refractivity contribution in [1.29, 1.82) is 0 Å². The van der Waals surface area contributed by atoms with Crippen LogP contribution < -0.4 is 10.3 Å². The number of aromatic amines is 1. The molecule has 5 nitrogen and oxygen atoms in total. The van der Waals surface area contributed by atoms with Crippen molar-refractivity contribution in [3.63, 3.8) is 0 Å². The van der Waals surface area contributed by atoms with E-state index in [1.807, 2.05) is 0 Å². The van der Waals surface area contributed by atoms with Crippen molar-refractivity contribution in [1.82, 2.24) is 14.9 Å². The Morgan fingerprint density at radius 3 is 3.07 bits per heavy atom. The standard InChI is InChI=1S/C20H21ClFN3O2/c1-2-3-18-23-16-6-7-25(10-15(16)20(26)24-18)9-12-11-27-17-5-4-13(22)8-14(17)19(12)21/h4-5,8H,2-3,6-7,9-11H2,1H3,(H,23,24,26). The molecule has 1 aromatic carbocycles. The van der Waals surface area contributed by atoms with Crippen LogP contribution >= 0.6 is 11.6 Å². The molecule has 2 aliphatic heterocycles. The summed E-state index contributed by atoms with van der Waals surface area (Å²) in [6.07, 6.45) is 2.46. The third-order valence-electron chi connectivity index (χ3n) is 4.99. The molecule has 0 saturated carbocycles. The van der Waals surface area contributed by atoms with E-state index in [0.717, 1.165) is 48.5 Å². The molecule has 0 unspecified atom stereocenters. The Balaban J connectivity index is 1.55. The molecule has 2 aromatic rings. The van der Waals surface area contributed by atoms with E-state index in [-0.39, 0.29) is 11.4 Å². The first-order chi connectivity index (χ1) is 13.0. The van der Waals surface area contributed by atoms with Gasteiger partial charge < -0.3 is 9.72 Å². The Labute approximate surface area is 161 Å². The molecule has 4 rings (SSSR count). The molecule has 0 atom stereocenters. The molecule has 0 radical (unpaired) electrons. The number of benzene rings is 1. The van der Waals surface area contributed by atoms with E-state index in [1.165, 1.54) is 12.1 Å². The first-order valence-corrected chi connectivity index (χ1v) is 9.56. The van der Waals surface area contributed by atoms with Crippen molar-refractivity contribution in [2.45, 2.75) is 32.7 Å². The largest absolute Gasteiger partial charge is 0.488 e. The summed E-state index contributed by atoms with van der Waals surface area (Å²) in [4.78, 5) is 22.1. The highest BCUT2D eigenvalue weighted by Crippen LogP contribution is 2.36. The second kappa shape index (κ2) is 7.44. The number of ether oxygens (including phenoxy) is 1. The zero-order chi connectivity index (χ0) is 19.0. The molecule has 142 valence electrons. The molecular formula is C20H21ClFN3O2. The Bertz CT molecular complexity index is 970. The summed E-state index contributed by atoms with van der Waals surface area (Å²) in [5.74, 6) is 1.02. The van der Waals surface area contributed by atoms with Crippen LogP contribution in [0.4, 0.5) is 4.39 Å². The van der Waals surface area contributed by atoms with Crippen LogP contribution in [0.5, 0.6) is 5.75 Å². The third-order valence-corrected chi connectivity index (χ3v) is 5.46. The van der Waals surface area contributed by atoms with Crippen LogP contribution in [0.1, 0.15) is 36.0 Å². The molecule has 0 bridgehead atoms. The van der Waals surface area contributed by atoms with Gasteiger partial charge in [-0.3, -0.25) is 9.69 Å². The maximum Gasteiger partial charge on any atom is 0.255 e. The second-order valence-corrected chi connectivity index (χ2v) is 7.37. The van der Waals surface area contributed by atoms with Crippen molar-refractivity contribution < 1.29 is 9.13 Å². The Morgan fingerprint density at radius 1 is 1.41 bits per heavy atom. The van der Waals surface area contributed by atoms with Crippen LogP contribution in [0.15, 0.2) is 28.6 Å². The number of nitrogens with one attached hydrogen (secondary N) is 1. The lowest BCUT2D eigenvalue weighted by atomic mass is 10.0. The van der Waals surface area contributed by atoms with Gasteiger partial charge in [-0.2, -0.15) is 0 Å². The van der Waals surface area contributed by atoms with Crippen LogP contribution in [0, 0.1) is 5.82 Å². The predicted molar refractivity (Wildman–Crippen MR) is 103 cm³/mol. The number of aromatic nitrogens is 2. The number of fused-ring (bicyclic) bond motifs is 2. The highest BCUT2D eigenvalue weighted by atomic mass is 35.5. The highest BCUT2D eigenvalue weighted by Gasteiger charge is 2.25. The van der Waals surface area contributed by atoms with Gasteiger partial charge in [-0.1, -0.05) is 18.5 Å². The first kappa shape index (κ1) is 18.2.